The van der Waals surface area contributed by atoms with Crippen molar-refractivity contribution in [3.05, 3.63) is 72.1 Å². The molecule has 8 nitrogen and oxygen atoms in total. The van der Waals surface area contributed by atoms with Crippen LogP contribution < -0.4 is 16.4 Å². The van der Waals surface area contributed by atoms with Crippen molar-refractivity contribution < 1.29 is 14.4 Å². The number of amides is 3. The molecular weight excluding hydrogens is 394 g/mol. The largest absolute Gasteiger partial charge is 0.368 e. The van der Waals surface area contributed by atoms with Crippen molar-refractivity contribution in [2.24, 2.45) is 5.73 Å². The number of fused-ring (bicyclic) bond motifs is 1. The second-order valence-corrected chi connectivity index (χ2v) is 7.28. The van der Waals surface area contributed by atoms with Crippen LogP contribution in [0.2, 0.25) is 0 Å². The monoisotopic (exact) mass is 419 g/mol. The van der Waals surface area contributed by atoms with Gasteiger partial charge in [-0.2, -0.15) is 0 Å². The summed E-state index contributed by atoms with van der Waals surface area (Å²) in [6.07, 6.45) is 1.63. The zero-order valence-corrected chi connectivity index (χ0v) is 17.2. The average Bonchev–Trinajstić information content (AvgIpc) is 2.77. The third-order valence-corrected chi connectivity index (χ3v) is 4.85. The van der Waals surface area contributed by atoms with Crippen molar-refractivity contribution in [3.63, 3.8) is 0 Å². The lowest BCUT2D eigenvalue weighted by atomic mass is 10.1. The predicted octanol–water partition coefficient (Wildman–Crippen LogP) is 1.80. The number of nitrogens with two attached hydrogens (primary N) is 1. The lowest BCUT2D eigenvalue weighted by Gasteiger charge is -2.16. The van der Waals surface area contributed by atoms with E-state index in [1.54, 1.807) is 6.20 Å². The van der Waals surface area contributed by atoms with E-state index in [1.165, 1.54) is 0 Å². The van der Waals surface area contributed by atoms with Gasteiger partial charge in [-0.25, -0.2) is 4.98 Å². The van der Waals surface area contributed by atoms with E-state index < -0.39 is 17.9 Å². The van der Waals surface area contributed by atoms with Crippen LogP contribution in [0.15, 0.2) is 60.8 Å². The predicted molar refractivity (Wildman–Crippen MR) is 117 cm³/mol. The molecule has 160 valence electrons. The fourth-order valence-electron chi connectivity index (χ4n) is 3.16. The van der Waals surface area contributed by atoms with E-state index in [1.807, 2.05) is 61.5 Å². The quantitative estimate of drug-likeness (QED) is 0.487. The van der Waals surface area contributed by atoms with Gasteiger partial charge in [0.25, 0.3) is 0 Å². The Morgan fingerprint density at radius 2 is 1.52 bits per heavy atom. The number of para-hydroxylation sites is 2. The van der Waals surface area contributed by atoms with Crippen LogP contribution in [0.5, 0.6) is 0 Å². The maximum absolute atomic E-state index is 12.3. The fourth-order valence-corrected chi connectivity index (χ4v) is 3.16. The fraction of sp³-hybridized carbons (Fsp3) is 0.261. The van der Waals surface area contributed by atoms with Gasteiger partial charge in [-0.1, -0.05) is 42.5 Å². The number of hydrogen-bond donors (Lipinski definition) is 3. The van der Waals surface area contributed by atoms with Gasteiger partial charge < -0.3 is 16.4 Å². The van der Waals surface area contributed by atoms with Gasteiger partial charge in [0, 0.05) is 25.5 Å². The number of benzene rings is 2. The van der Waals surface area contributed by atoms with E-state index in [2.05, 4.69) is 20.6 Å². The molecule has 0 unspecified atom stereocenters. The van der Waals surface area contributed by atoms with Crippen molar-refractivity contribution in [1.82, 2.24) is 20.6 Å². The Labute approximate surface area is 180 Å². The summed E-state index contributed by atoms with van der Waals surface area (Å²) in [7, 11) is 0. The van der Waals surface area contributed by atoms with Crippen LogP contribution in [-0.4, -0.2) is 33.7 Å². The molecular formula is C23H25N5O3. The minimum absolute atomic E-state index is 0.00424. The van der Waals surface area contributed by atoms with Crippen molar-refractivity contribution in [3.8, 4) is 0 Å². The summed E-state index contributed by atoms with van der Waals surface area (Å²) in [5, 5.41) is 5.45. The molecule has 4 N–H and O–H groups in total. The summed E-state index contributed by atoms with van der Waals surface area (Å²) in [5.41, 5.74) is 8.40. The molecule has 0 spiro atoms. The maximum atomic E-state index is 12.3. The Bertz CT molecular complexity index is 1070. The van der Waals surface area contributed by atoms with Crippen LogP contribution in [-0.2, 0) is 20.8 Å². The van der Waals surface area contributed by atoms with E-state index >= 15 is 0 Å². The molecule has 2 atom stereocenters. The summed E-state index contributed by atoms with van der Waals surface area (Å²) in [6.45, 7) is 1.88. The third-order valence-electron chi connectivity index (χ3n) is 4.85. The molecule has 3 amide bonds. The summed E-state index contributed by atoms with van der Waals surface area (Å²) in [5.74, 6) is -1.35. The second-order valence-electron chi connectivity index (χ2n) is 7.28. The molecule has 0 saturated carbocycles. The van der Waals surface area contributed by atoms with E-state index in [9.17, 15) is 14.4 Å². The smallest absolute Gasteiger partial charge is 0.240 e. The Kier molecular flexibility index (Phi) is 7.26. The molecule has 0 bridgehead atoms. The van der Waals surface area contributed by atoms with E-state index in [0.717, 1.165) is 11.1 Å². The number of rotatable bonds is 9. The number of carbonyl (C=O) groups excluding carboxylic acids is 3. The van der Waals surface area contributed by atoms with Crippen LogP contribution in [0.1, 0.15) is 37.1 Å². The molecule has 3 rings (SSSR count). The van der Waals surface area contributed by atoms with Crippen LogP contribution in [0, 0.1) is 0 Å². The van der Waals surface area contributed by atoms with Crippen LogP contribution in [0.25, 0.3) is 11.0 Å². The van der Waals surface area contributed by atoms with Gasteiger partial charge in [0.1, 0.15) is 6.04 Å². The van der Waals surface area contributed by atoms with Gasteiger partial charge in [0.05, 0.1) is 22.8 Å². The lowest BCUT2D eigenvalue weighted by molar-refractivity contribution is -0.129. The van der Waals surface area contributed by atoms with Crippen molar-refractivity contribution in [2.45, 2.75) is 38.3 Å². The Morgan fingerprint density at radius 1 is 0.903 bits per heavy atom. The van der Waals surface area contributed by atoms with Gasteiger partial charge in [0.15, 0.2) is 0 Å². The molecule has 31 heavy (non-hydrogen) atoms. The molecule has 0 aliphatic carbocycles. The second kappa shape index (κ2) is 10.3. The highest BCUT2D eigenvalue weighted by Crippen LogP contribution is 2.12. The summed E-state index contributed by atoms with van der Waals surface area (Å²) in [4.78, 5) is 45.0. The van der Waals surface area contributed by atoms with Crippen LogP contribution in [0.4, 0.5) is 0 Å². The first-order valence-electron chi connectivity index (χ1n) is 10.1. The average molecular weight is 419 g/mol. The third kappa shape index (κ3) is 6.33. The molecule has 0 saturated heterocycles. The molecule has 8 heteroatoms. The molecule has 0 radical (unpaired) electrons. The first-order valence-corrected chi connectivity index (χ1v) is 10.1. The topological polar surface area (TPSA) is 127 Å². The SMILES string of the molecule is C[C@@H](NC(=O)CCC(=O)N[C@@H](Cc1cnc2ccccc2n1)C(N)=O)c1ccccc1. The molecule has 0 aliphatic rings. The first-order chi connectivity index (χ1) is 14.9. The molecule has 0 fully saturated rings. The maximum Gasteiger partial charge on any atom is 0.240 e. The summed E-state index contributed by atoms with van der Waals surface area (Å²) in [6, 6.07) is 15.8. The number of nitrogens with one attached hydrogen (secondary N) is 2. The molecule has 1 heterocycles. The summed E-state index contributed by atoms with van der Waals surface area (Å²) >= 11 is 0. The minimum Gasteiger partial charge on any atom is -0.368 e. The Morgan fingerprint density at radius 3 is 2.19 bits per heavy atom. The van der Waals surface area contributed by atoms with E-state index in [-0.39, 0.29) is 31.2 Å². The molecule has 0 aliphatic heterocycles. The summed E-state index contributed by atoms with van der Waals surface area (Å²) < 4.78 is 0. The number of nitrogens with zero attached hydrogens (tertiary/aromatic N) is 2. The highest BCUT2D eigenvalue weighted by molar-refractivity contribution is 5.89. The zero-order valence-electron chi connectivity index (χ0n) is 17.2. The first kappa shape index (κ1) is 21.9. The number of hydrogen-bond acceptors (Lipinski definition) is 5. The molecule has 1 aromatic heterocycles. The van der Waals surface area contributed by atoms with Gasteiger partial charge >= 0.3 is 0 Å². The van der Waals surface area contributed by atoms with Gasteiger partial charge in [-0.15, -0.1) is 0 Å². The number of primary amides is 1. The number of aromatic nitrogens is 2. The lowest BCUT2D eigenvalue weighted by Crippen LogP contribution is -2.46. The van der Waals surface area contributed by atoms with Gasteiger partial charge in [-0.3, -0.25) is 19.4 Å². The van der Waals surface area contributed by atoms with Crippen molar-refractivity contribution >= 4 is 28.8 Å². The Hall–Kier alpha value is -3.81. The van der Waals surface area contributed by atoms with Crippen molar-refractivity contribution in [2.75, 3.05) is 0 Å². The van der Waals surface area contributed by atoms with E-state index in [4.69, 9.17) is 5.73 Å². The van der Waals surface area contributed by atoms with Crippen molar-refractivity contribution in [1.29, 1.82) is 0 Å². The highest BCUT2D eigenvalue weighted by Gasteiger charge is 2.20. The highest BCUT2D eigenvalue weighted by atomic mass is 16.2. The normalized spacial score (nSPS) is 12.7. The van der Waals surface area contributed by atoms with Gasteiger partial charge in [-0.05, 0) is 24.6 Å². The zero-order chi connectivity index (χ0) is 22.2. The van der Waals surface area contributed by atoms with Crippen LogP contribution >= 0.6 is 0 Å². The molecule has 2 aromatic carbocycles. The van der Waals surface area contributed by atoms with Crippen LogP contribution in [0.3, 0.4) is 0 Å². The standard InChI is InChI=1S/C23H25N5O3/c1-15(16-7-3-2-4-8-16)26-21(29)11-12-22(30)28-20(23(24)31)13-17-14-25-18-9-5-6-10-19(18)27-17/h2-10,14-15,20H,11-13H2,1H3,(H2,24,31)(H,26,29)(H,28,30)/t15-,20+/m1/s1. The Balaban J connectivity index is 1.51. The van der Waals surface area contributed by atoms with E-state index in [0.29, 0.717) is 11.2 Å². The molecule has 3 aromatic rings. The minimum atomic E-state index is -0.936. The van der Waals surface area contributed by atoms with Gasteiger partial charge in [0.2, 0.25) is 17.7 Å². The number of carbonyl (C=O) groups is 3.